The first-order valence-corrected chi connectivity index (χ1v) is 6.82. The summed E-state index contributed by atoms with van der Waals surface area (Å²) in [4.78, 5) is 9.50. The quantitative estimate of drug-likeness (QED) is 0.849. The predicted molar refractivity (Wildman–Crippen MR) is 75.2 cm³/mol. The van der Waals surface area contributed by atoms with Crippen molar-refractivity contribution in [1.29, 1.82) is 0 Å². The molecule has 0 saturated heterocycles. The van der Waals surface area contributed by atoms with Crippen molar-refractivity contribution >= 4 is 8.60 Å². The molecule has 0 heterocycles. The Morgan fingerprint density at radius 3 is 1.95 bits per heavy atom. The fourth-order valence-electron chi connectivity index (χ4n) is 1.76. The van der Waals surface area contributed by atoms with Crippen LogP contribution in [0.2, 0.25) is 0 Å². The molecule has 0 radical (unpaired) electrons. The Bertz CT molecular complexity index is 544. The average Bonchev–Trinajstić information content (AvgIpc) is 2.47. The molecule has 0 amide bonds. The highest BCUT2D eigenvalue weighted by atomic mass is 31.2. The first-order valence-electron chi connectivity index (χ1n) is 5.69. The fraction of sp³-hybridized carbons (Fsp3) is 0.143. The Morgan fingerprint density at radius 1 is 0.842 bits per heavy atom. The second-order valence-electron chi connectivity index (χ2n) is 3.71. The molecule has 0 saturated carbocycles. The van der Waals surface area contributed by atoms with Crippen molar-refractivity contribution < 1.29 is 18.7 Å². The third-order valence-corrected chi connectivity index (χ3v) is 3.28. The Balaban J connectivity index is 2.44. The van der Waals surface area contributed by atoms with Crippen LogP contribution in [0.5, 0.6) is 11.5 Å². The van der Waals surface area contributed by atoms with Gasteiger partial charge in [0.1, 0.15) is 11.5 Å². The molecule has 2 aromatic rings. The van der Waals surface area contributed by atoms with Crippen molar-refractivity contribution in [3.05, 3.63) is 48.5 Å². The van der Waals surface area contributed by atoms with Crippen LogP contribution in [0.25, 0.3) is 11.1 Å². The van der Waals surface area contributed by atoms with Crippen LogP contribution < -0.4 is 9.26 Å². The lowest BCUT2D eigenvalue weighted by Crippen LogP contribution is -1.93. The van der Waals surface area contributed by atoms with E-state index in [1.54, 1.807) is 13.2 Å². The Morgan fingerprint density at radius 2 is 1.37 bits per heavy atom. The zero-order chi connectivity index (χ0) is 13.7. The summed E-state index contributed by atoms with van der Waals surface area (Å²) in [6.07, 6.45) is 0. The lowest BCUT2D eigenvalue weighted by atomic mass is 10.0. The Hall–Kier alpha value is -1.61. The monoisotopic (exact) mass is 278 g/mol. The second-order valence-corrected chi connectivity index (χ2v) is 4.73. The second kappa shape index (κ2) is 6.53. The summed E-state index contributed by atoms with van der Waals surface area (Å²) in [6.45, 7) is 0. The molecule has 0 aliphatic carbocycles. The van der Waals surface area contributed by atoms with E-state index in [9.17, 15) is 4.89 Å². The number of hydrogen-bond acceptors (Lipinski definition) is 4. The maximum atomic E-state index is 9.50. The van der Waals surface area contributed by atoms with Gasteiger partial charge in [0.25, 0.3) is 0 Å². The Labute approximate surface area is 113 Å². The van der Waals surface area contributed by atoms with Gasteiger partial charge in [-0.2, -0.15) is 0 Å². The number of para-hydroxylation sites is 2. The van der Waals surface area contributed by atoms with Crippen molar-refractivity contribution in [3.63, 3.8) is 0 Å². The largest absolute Gasteiger partial charge is 0.496 e. The van der Waals surface area contributed by atoms with Crippen LogP contribution in [0.3, 0.4) is 0 Å². The van der Waals surface area contributed by atoms with E-state index in [-0.39, 0.29) is 0 Å². The molecular weight excluding hydrogens is 263 g/mol. The third-order valence-electron chi connectivity index (χ3n) is 2.62. The van der Waals surface area contributed by atoms with Crippen LogP contribution in [0, 0.1) is 0 Å². The summed E-state index contributed by atoms with van der Waals surface area (Å²) in [5.41, 5.74) is 1.75. The summed E-state index contributed by atoms with van der Waals surface area (Å²) in [7, 11) is 1.11. The number of methoxy groups -OCH3 is 1. The maximum Gasteiger partial charge on any atom is 0.394 e. The predicted octanol–water partition coefficient (Wildman–Crippen LogP) is 3.61. The van der Waals surface area contributed by atoms with E-state index in [4.69, 9.17) is 13.8 Å². The van der Waals surface area contributed by atoms with Crippen LogP contribution in [0.4, 0.5) is 0 Å². The van der Waals surface area contributed by atoms with Gasteiger partial charge in [-0.1, -0.05) is 36.4 Å². The molecule has 1 atom stereocenters. The normalized spacial score (nSPS) is 11.9. The molecule has 0 spiro atoms. The van der Waals surface area contributed by atoms with Crippen LogP contribution >= 0.6 is 8.60 Å². The lowest BCUT2D eigenvalue weighted by Gasteiger charge is -2.14. The summed E-state index contributed by atoms with van der Waals surface area (Å²) < 4.78 is 15.5. The molecule has 0 aromatic heterocycles. The van der Waals surface area contributed by atoms with Gasteiger partial charge in [0.2, 0.25) is 0 Å². The zero-order valence-corrected chi connectivity index (χ0v) is 11.6. The highest BCUT2D eigenvalue weighted by molar-refractivity contribution is 7.41. The summed E-state index contributed by atoms with van der Waals surface area (Å²) in [6, 6.07) is 15.1. The SMILES string of the molecule is COc1ccccc1-c1ccccc1OP(O)OC. The topological polar surface area (TPSA) is 47.9 Å². The third kappa shape index (κ3) is 3.24. The number of rotatable bonds is 5. The van der Waals surface area contributed by atoms with Crippen LogP contribution in [0.1, 0.15) is 0 Å². The van der Waals surface area contributed by atoms with Crippen LogP contribution in [0.15, 0.2) is 48.5 Å². The molecule has 2 rings (SSSR count). The van der Waals surface area contributed by atoms with E-state index in [1.807, 2.05) is 42.5 Å². The standard InChI is InChI=1S/C14H15O4P/c1-16-13-9-5-3-7-11(13)12-8-4-6-10-14(12)18-19(15)17-2/h3-10,15H,1-2H3. The van der Waals surface area contributed by atoms with Crippen molar-refractivity contribution in [3.8, 4) is 22.6 Å². The highest BCUT2D eigenvalue weighted by Crippen LogP contribution is 2.41. The van der Waals surface area contributed by atoms with E-state index in [0.717, 1.165) is 16.9 Å². The zero-order valence-electron chi connectivity index (χ0n) is 10.7. The summed E-state index contributed by atoms with van der Waals surface area (Å²) >= 11 is 0. The van der Waals surface area contributed by atoms with Gasteiger partial charge in [-0.25, -0.2) is 0 Å². The molecule has 2 aromatic carbocycles. The molecule has 100 valence electrons. The van der Waals surface area contributed by atoms with Crippen molar-refractivity contribution in [1.82, 2.24) is 0 Å². The number of ether oxygens (including phenoxy) is 1. The van der Waals surface area contributed by atoms with Crippen molar-refractivity contribution in [2.75, 3.05) is 14.2 Å². The lowest BCUT2D eigenvalue weighted by molar-refractivity contribution is 0.317. The van der Waals surface area contributed by atoms with Gasteiger partial charge in [-0.05, 0) is 12.1 Å². The molecule has 5 heteroatoms. The minimum atomic E-state index is -1.92. The number of hydrogen-bond donors (Lipinski definition) is 1. The van der Waals surface area contributed by atoms with Gasteiger partial charge in [0.05, 0.1) is 7.11 Å². The molecule has 0 aliphatic heterocycles. The summed E-state index contributed by atoms with van der Waals surface area (Å²) in [5.74, 6) is 1.31. The van der Waals surface area contributed by atoms with Gasteiger partial charge >= 0.3 is 8.60 Å². The minimum absolute atomic E-state index is 0.558. The Kier molecular flexibility index (Phi) is 4.74. The van der Waals surface area contributed by atoms with Gasteiger partial charge in [-0.15, -0.1) is 0 Å². The minimum Gasteiger partial charge on any atom is -0.496 e. The molecule has 4 nitrogen and oxygen atoms in total. The molecule has 0 aliphatic rings. The number of benzene rings is 2. The molecule has 1 unspecified atom stereocenters. The average molecular weight is 278 g/mol. The molecule has 0 fully saturated rings. The van der Waals surface area contributed by atoms with Gasteiger partial charge in [0, 0.05) is 18.2 Å². The van der Waals surface area contributed by atoms with Crippen molar-refractivity contribution in [2.45, 2.75) is 0 Å². The highest BCUT2D eigenvalue weighted by Gasteiger charge is 2.14. The van der Waals surface area contributed by atoms with Gasteiger partial charge in [-0.3, -0.25) is 0 Å². The van der Waals surface area contributed by atoms with Crippen LogP contribution in [-0.2, 0) is 4.52 Å². The maximum absolute atomic E-state index is 9.50. The van der Waals surface area contributed by atoms with Gasteiger partial charge in [0.15, 0.2) is 0 Å². The van der Waals surface area contributed by atoms with E-state index in [0.29, 0.717) is 5.75 Å². The molecular formula is C14H15O4P. The molecule has 0 bridgehead atoms. The molecule has 1 N–H and O–H groups in total. The fourth-order valence-corrected chi connectivity index (χ4v) is 2.16. The molecule has 19 heavy (non-hydrogen) atoms. The van der Waals surface area contributed by atoms with Crippen molar-refractivity contribution in [2.24, 2.45) is 0 Å². The smallest absolute Gasteiger partial charge is 0.394 e. The van der Waals surface area contributed by atoms with Gasteiger partial charge < -0.3 is 18.7 Å². The van der Waals surface area contributed by atoms with E-state index >= 15 is 0 Å². The van der Waals surface area contributed by atoms with E-state index < -0.39 is 8.60 Å². The van der Waals surface area contributed by atoms with Crippen LogP contribution in [-0.4, -0.2) is 19.1 Å². The summed E-state index contributed by atoms with van der Waals surface area (Å²) in [5, 5.41) is 0. The first-order chi connectivity index (χ1) is 9.26. The first kappa shape index (κ1) is 13.8. The van der Waals surface area contributed by atoms with E-state index in [1.165, 1.54) is 7.11 Å². The van der Waals surface area contributed by atoms with E-state index in [2.05, 4.69) is 0 Å².